The summed E-state index contributed by atoms with van der Waals surface area (Å²) in [6, 6.07) is 5.56. The van der Waals surface area contributed by atoms with Crippen LogP contribution in [0.1, 0.15) is 17.3 Å². The molecule has 0 aliphatic carbocycles. The van der Waals surface area contributed by atoms with E-state index >= 15 is 0 Å². The molecule has 0 unspecified atom stereocenters. The lowest BCUT2D eigenvalue weighted by Gasteiger charge is -2.07. The molecule has 0 bridgehead atoms. The molecule has 0 spiro atoms. The van der Waals surface area contributed by atoms with E-state index in [0.29, 0.717) is 6.61 Å². The monoisotopic (exact) mass is 258 g/mol. The Labute approximate surface area is 100.0 Å². The van der Waals surface area contributed by atoms with E-state index in [-0.39, 0.29) is 22.8 Å². The zero-order valence-corrected chi connectivity index (χ0v) is 10.2. The van der Waals surface area contributed by atoms with Crippen molar-refractivity contribution in [3.8, 4) is 0 Å². The Hall–Kier alpha value is -1.40. The smallest absolute Gasteiger partial charge is 0.337 e. The number of benzene rings is 1. The number of hydrogen-bond acceptors (Lipinski definition) is 4. The average Bonchev–Trinajstić information content (AvgIpc) is 2.29. The third-order valence-electron chi connectivity index (χ3n) is 2.15. The van der Waals surface area contributed by atoms with Gasteiger partial charge in [-0.1, -0.05) is 12.1 Å². The Kier molecular flexibility index (Phi) is 4.65. The Morgan fingerprint density at radius 3 is 2.59 bits per heavy atom. The van der Waals surface area contributed by atoms with Crippen molar-refractivity contribution in [2.24, 2.45) is 0 Å². The summed E-state index contributed by atoms with van der Waals surface area (Å²) < 4.78 is 28.7. The maximum Gasteiger partial charge on any atom is 0.337 e. The van der Waals surface area contributed by atoms with Crippen molar-refractivity contribution in [3.63, 3.8) is 0 Å². The fraction of sp³-hybridized carbons (Fsp3) is 0.364. The standard InChI is InChI=1S/C11H14O5S/c1-2-16-7-8-17(14,15)10-6-4-3-5-9(10)11(12)13/h3-6H,2,7-8H2,1H3,(H,12,13). The quantitative estimate of drug-likeness (QED) is 0.775. The van der Waals surface area contributed by atoms with Gasteiger partial charge in [0.2, 0.25) is 0 Å². The predicted molar refractivity (Wildman–Crippen MR) is 61.9 cm³/mol. The van der Waals surface area contributed by atoms with Crippen LogP contribution in [0.2, 0.25) is 0 Å². The van der Waals surface area contributed by atoms with Gasteiger partial charge in [0.15, 0.2) is 9.84 Å². The summed E-state index contributed by atoms with van der Waals surface area (Å²) in [4.78, 5) is 10.7. The second-order valence-corrected chi connectivity index (χ2v) is 5.39. The molecule has 0 atom stereocenters. The highest BCUT2D eigenvalue weighted by Gasteiger charge is 2.21. The normalized spacial score (nSPS) is 11.4. The van der Waals surface area contributed by atoms with Crippen molar-refractivity contribution in [2.75, 3.05) is 19.0 Å². The molecular formula is C11H14O5S. The molecule has 17 heavy (non-hydrogen) atoms. The number of sulfone groups is 1. The summed E-state index contributed by atoms with van der Waals surface area (Å²) in [5.41, 5.74) is -0.205. The Bertz CT molecular complexity index is 492. The minimum Gasteiger partial charge on any atom is -0.478 e. The number of aromatic carboxylic acids is 1. The van der Waals surface area contributed by atoms with Gasteiger partial charge in [-0.25, -0.2) is 13.2 Å². The number of carboxylic acids is 1. The molecule has 0 fully saturated rings. The lowest BCUT2D eigenvalue weighted by molar-refractivity contribution is 0.0692. The van der Waals surface area contributed by atoms with Gasteiger partial charge in [-0.2, -0.15) is 0 Å². The van der Waals surface area contributed by atoms with Crippen LogP contribution in [0.5, 0.6) is 0 Å². The Morgan fingerprint density at radius 2 is 2.00 bits per heavy atom. The first-order valence-electron chi connectivity index (χ1n) is 5.12. The molecule has 0 saturated heterocycles. The van der Waals surface area contributed by atoms with E-state index in [4.69, 9.17) is 9.84 Å². The molecule has 0 aliphatic heterocycles. The summed E-state index contributed by atoms with van der Waals surface area (Å²) in [6.07, 6.45) is 0. The summed E-state index contributed by atoms with van der Waals surface area (Å²) in [7, 11) is -3.61. The number of carbonyl (C=O) groups is 1. The van der Waals surface area contributed by atoms with Crippen molar-refractivity contribution in [1.82, 2.24) is 0 Å². The first-order valence-corrected chi connectivity index (χ1v) is 6.77. The lowest BCUT2D eigenvalue weighted by atomic mass is 10.2. The van der Waals surface area contributed by atoms with Crippen LogP contribution in [0, 0.1) is 0 Å². The van der Waals surface area contributed by atoms with E-state index in [1.807, 2.05) is 0 Å². The molecule has 0 saturated carbocycles. The van der Waals surface area contributed by atoms with Crippen molar-refractivity contribution < 1.29 is 23.1 Å². The van der Waals surface area contributed by atoms with Crippen LogP contribution in [-0.4, -0.2) is 38.5 Å². The maximum absolute atomic E-state index is 11.9. The van der Waals surface area contributed by atoms with Gasteiger partial charge in [-0.3, -0.25) is 0 Å². The van der Waals surface area contributed by atoms with Gasteiger partial charge >= 0.3 is 5.97 Å². The van der Waals surface area contributed by atoms with Gasteiger partial charge in [-0.05, 0) is 19.1 Å². The summed E-state index contributed by atoms with van der Waals surface area (Å²) >= 11 is 0. The zero-order valence-electron chi connectivity index (χ0n) is 9.42. The highest BCUT2D eigenvalue weighted by molar-refractivity contribution is 7.91. The summed E-state index contributed by atoms with van der Waals surface area (Å²) in [5, 5.41) is 8.90. The summed E-state index contributed by atoms with van der Waals surface area (Å²) in [6.45, 7) is 2.25. The number of carboxylic acid groups (broad SMARTS) is 1. The number of ether oxygens (including phenoxy) is 1. The third kappa shape index (κ3) is 3.54. The van der Waals surface area contributed by atoms with Crippen LogP contribution >= 0.6 is 0 Å². The van der Waals surface area contributed by atoms with Crippen molar-refractivity contribution >= 4 is 15.8 Å². The minimum absolute atomic E-state index is 0.0623. The van der Waals surface area contributed by atoms with E-state index in [1.54, 1.807) is 6.92 Å². The molecule has 6 heteroatoms. The Balaban J connectivity index is 3.02. The largest absolute Gasteiger partial charge is 0.478 e. The van der Waals surface area contributed by atoms with Crippen LogP contribution in [0.4, 0.5) is 0 Å². The highest BCUT2D eigenvalue weighted by Crippen LogP contribution is 2.16. The van der Waals surface area contributed by atoms with Crippen molar-refractivity contribution in [2.45, 2.75) is 11.8 Å². The molecule has 0 heterocycles. The van der Waals surface area contributed by atoms with Crippen LogP contribution < -0.4 is 0 Å². The van der Waals surface area contributed by atoms with Gasteiger partial charge in [-0.15, -0.1) is 0 Å². The maximum atomic E-state index is 11.9. The molecule has 94 valence electrons. The van der Waals surface area contributed by atoms with E-state index in [9.17, 15) is 13.2 Å². The van der Waals surface area contributed by atoms with Gasteiger partial charge in [0, 0.05) is 6.61 Å². The van der Waals surface area contributed by atoms with Crippen LogP contribution in [0.25, 0.3) is 0 Å². The molecule has 1 aromatic rings. The van der Waals surface area contributed by atoms with Crippen LogP contribution in [-0.2, 0) is 14.6 Å². The minimum atomic E-state index is -3.61. The summed E-state index contributed by atoms with van der Waals surface area (Å²) in [5.74, 6) is -1.47. The zero-order chi connectivity index (χ0) is 12.9. The lowest BCUT2D eigenvalue weighted by Crippen LogP contribution is -2.16. The molecule has 5 nitrogen and oxygen atoms in total. The van der Waals surface area contributed by atoms with Gasteiger partial charge < -0.3 is 9.84 Å². The second kappa shape index (κ2) is 5.79. The van der Waals surface area contributed by atoms with Gasteiger partial charge in [0.25, 0.3) is 0 Å². The topological polar surface area (TPSA) is 80.7 Å². The first kappa shape index (κ1) is 13.7. The first-order chi connectivity index (χ1) is 7.99. The second-order valence-electron chi connectivity index (χ2n) is 3.32. The van der Waals surface area contributed by atoms with E-state index < -0.39 is 15.8 Å². The number of hydrogen-bond donors (Lipinski definition) is 1. The molecule has 1 N–H and O–H groups in total. The third-order valence-corrected chi connectivity index (χ3v) is 3.88. The molecular weight excluding hydrogens is 244 g/mol. The molecule has 0 amide bonds. The van der Waals surface area contributed by atoms with Crippen LogP contribution in [0.15, 0.2) is 29.2 Å². The van der Waals surface area contributed by atoms with E-state index in [2.05, 4.69) is 0 Å². The predicted octanol–water partition coefficient (Wildman–Crippen LogP) is 1.20. The average molecular weight is 258 g/mol. The molecule has 0 aromatic heterocycles. The molecule has 1 aromatic carbocycles. The fourth-order valence-electron chi connectivity index (χ4n) is 1.34. The van der Waals surface area contributed by atoms with Gasteiger partial charge in [0.05, 0.1) is 22.8 Å². The number of rotatable bonds is 6. The Morgan fingerprint density at radius 1 is 1.35 bits per heavy atom. The van der Waals surface area contributed by atoms with Crippen molar-refractivity contribution in [1.29, 1.82) is 0 Å². The van der Waals surface area contributed by atoms with Crippen molar-refractivity contribution in [3.05, 3.63) is 29.8 Å². The van der Waals surface area contributed by atoms with E-state index in [0.717, 1.165) is 0 Å². The van der Waals surface area contributed by atoms with E-state index in [1.165, 1.54) is 24.3 Å². The highest BCUT2D eigenvalue weighted by atomic mass is 32.2. The fourth-order valence-corrected chi connectivity index (χ4v) is 2.67. The molecule has 0 radical (unpaired) electrons. The SMILES string of the molecule is CCOCCS(=O)(=O)c1ccccc1C(=O)O. The van der Waals surface area contributed by atoms with Crippen LogP contribution in [0.3, 0.4) is 0 Å². The van der Waals surface area contributed by atoms with Gasteiger partial charge in [0.1, 0.15) is 0 Å². The molecule has 0 aliphatic rings. The molecule has 1 rings (SSSR count).